The summed E-state index contributed by atoms with van der Waals surface area (Å²) in [4.78, 5) is 11.3. The summed E-state index contributed by atoms with van der Waals surface area (Å²) in [5.74, 6) is 0.892. The maximum Gasteiger partial charge on any atom is 0.220 e. The number of aliphatic hydroxyl groups is 1. The molecule has 0 fully saturated rings. The average Bonchev–Trinajstić information content (AvgIpc) is 2.56. The molecule has 2 N–H and O–H groups in total. The van der Waals surface area contributed by atoms with Crippen molar-refractivity contribution >= 4 is 16.7 Å². The first-order chi connectivity index (χ1) is 10.8. The number of nitrogens with one attached hydrogen (secondary N) is 1. The van der Waals surface area contributed by atoms with Crippen LogP contribution in [0, 0.1) is 0 Å². The molecule has 2 rings (SSSR count). The van der Waals surface area contributed by atoms with Gasteiger partial charge < -0.3 is 15.2 Å². The molecule has 0 unspecified atom stereocenters. The molecule has 0 heterocycles. The van der Waals surface area contributed by atoms with E-state index in [2.05, 4.69) is 29.6 Å². The lowest BCUT2D eigenvalue weighted by Gasteiger charge is -2.07. The lowest BCUT2D eigenvalue weighted by Crippen LogP contribution is -2.25. The summed E-state index contributed by atoms with van der Waals surface area (Å²) in [6.07, 6.45) is 3.24. The number of aliphatic hydroxyl groups excluding tert-OH is 1. The van der Waals surface area contributed by atoms with Crippen LogP contribution in [0.3, 0.4) is 0 Å². The molecule has 0 saturated carbocycles. The molecule has 0 atom stereocenters. The number of unbranched alkanes of at least 4 members (excludes halogenated alkanes) is 2. The molecule has 1 amide bonds. The molecule has 0 aliphatic heterocycles. The number of fused-ring (bicyclic) bond motifs is 1. The molecular weight excluding hydrogens is 278 g/mol. The van der Waals surface area contributed by atoms with E-state index in [1.807, 2.05) is 18.2 Å². The molecule has 22 heavy (non-hydrogen) atoms. The minimum absolute atomic E-state index is 0.00416. The van der Waals surface area contributed by atoms with Crippen LogP contribution in [0.25, 0.3) is 10.8 Å². The highest BCUT2D eigenvalue weighted by Crippen LogP contribution is 2.20. The second kappa shape index (κ2) is 9.05. The number of benzene rings is 2. The van der Waals surface area contributed by atoms with E-state index in [4.69, 9.17) is 9.84 Å². The van der Waals surface area contributed by atoms with Gasteiger partial charge in [-0.2, -0.15) is 0 Å². The molecule has 2 aromatic rings. The first-order valence-electron chi connectivity index (χ1n) is 7.79. The van der Waals surface area contributed by atoms with E-state index in [9.17, 15) is 4.79 Å². The zero-order valence-corrected chi connectivity index (χ0v) is 12.8. The van der Waals surface area contributed by atoms with Gasteiger partial charge in [-0.25, -0.2) is 0 Å². The van der Waals surface area contributed by atoms with Crippen molar-refractivity contribution in [3.8, 4) is 5.75 Å². The van der Waals surface area contributed by atoms with Crippen molar-refractivity contribution in [2.45, 2.75) is 25.7 Å². The lowest BCUT2D eigenvalue weighted by molar-refractivity contribution is -0.121. The van der Waals surface area contributed by atoms with Crippen molar-refractivity contribution in [3.05, 3.63) is 42.5 Å². The van der Waals surface area contributed by atoms with Gasteiger partial charge in [0, 0.05) is 13.0 Å². The zero-order valence-electron chi connectivity index (χ0n) is 12.8. The lowest BCUT2D eigenvalue weighted by atomic mass is 10.1. The summed E-state index contributed by atoms with van der Waals surface area (Å²) in [7, 11) is 0. The molecule has 0 saturated heterocycles. The first-order valence-corrected chi connectivity index (χ1v) is 7.79. The third kappa shape index (κ3) is 5.37. The highest BCUT2D eigenvalue weighted by molar-refractivity contribution is 5.83. The predicted molar refractivity (Wildman–Crippen MR) is 88.0 cm³/mol. The van der Waals surface area contributed by atoms with Crippen LogP contribution in [-0.2, 0) is 4.79 Å². The number of hydrogen-bond acceptors (Lipinski definition) is 3. The molecular formula is C18H23NO3. The average molecular weight is 301 g/mol. The SMILES string of the molecule is O=C(CCCCCOc1ccc2ccccc2c1)NCCO. The van der Waals surface area contributed by atoms with E-state index in [1.54, 1.807) is 0 Å². The maximum absolute atomic E-state index is 11.3. The summed E-state index contributed by atoms with van der Waals surface area (Å²) in [5.41, 5.74) is 0. The Morgan fingerprint density at radius 1 is 1.05 bits per heavy atom. The van der Waals surface area contributed by atoms with E-state index in [0.29, 0.717) is 19.6 Å². The zero-order chi connectivity index (χ0) is 15.6. The summed E-state index contributed by atoms with van der Waals surface area (Å²) in [6.45, 7) is 0.992. The standard InChI is InChI=1S/C18H23NO3/c20-12-11-19-18(21)8-2-1-5-13-22-17-10-9-15-6-3-4-7-16(15)14-17/h3-4,6-7,9-10,14,20H,1-2,5,8,11-13H2,(H,19,21). The summed E-state index contributed by atoms with van der Waals surface area (Å²) in [6, 6.07) is 14.3. The van der Waals surface area contributed by atoms with Crippen LogP contribution in [0.4, 0.5) is 0 Å². The number of rotatable bonds is 9. The van der Waals surface area contributed by atoms with Gasteiger partial charge in [0.15, 0.2) is 0 Å². The summed E-state index contributed by atoms with van der Waals surface area (Å²) in [5, 5.41) is 13.6. The first kappa shape index (κ1) is 16.3. The van der Waals surface area contributed by atoms with Crippen LogP contribution in [0.2, 0.25) is 0 Å². The van der Waals surface area contributed by atoms with Gasteiger partial charge in [0.25, 0.3) is 0 Å². The van der Waals surface area contributed by atoms with Crippen LogP contribution in [0.1, 0.15) is 25.7 Å². The van der Waals surface area contributed by atoms with E-state index < -0.39 is 0 Å². The van der Waals surface area contributed by atoms with Gasteiger partial charge in [0.1, 0.15) is 5.75 Å². The van der Waals surface area contributed by atoms with Crippen LogP contribution in [-0.4, -0.2) is 30.8 Å². The molecule has 0 aromatic heterocycles. The number of carbonyl (C=O) groups excluding carboxylic acids is 1. The largest absolute Gasteiger partial charge is 0.494 e. The predicted octanol–water partition coefficient (Wildman–Crippen LogP) is 2.89. The van der Waals surface area contributed by atoms with Gasteiger partial charge in [-0.1, -0.05) is 30.3 Å². The minimum atomic E-state index is -0.00859. The van der Waals surface area contributed by atoms with Crippen molar-refractivity contribution in [2.24, 2.45) is 0 Å². The van der Waals surface area contributed by atoms with E-state index in [0.717, 1.165) is 25.0 Å². The second-order valence-electron chi connectivity index (χ2n) is 5.24. The van der Waals surface area contributed by atoms with Crippen LogP contribution in [0.15, 0.2) is 42.5 Å². The van der Waals surface area contributed by atoms with Gasteiger partial charge >= 0.3 is 0 Å². The third-order valence-electron chi connectivity index (χ3n) is 3.47. The van der Waals surface area contributed by atoms with Gasteiger partial charge in [-0.05, 0) is 42.2 Å². The van der Waals surface area contributed by atoms with Gasteiger partial charge in [-0.3, -0.25) is 4.79 Å². The maximum atomic E-state index is 11.3. The van der Waals surface area contributed by atoms with E-state index in [1.165, 1.54) is 10.8 Å². The monoisotopic (exact) mass is 301 g/mol. The number of ether oxygens (including phenoxy) is 1. The molecule has 0 aliphatic rings. The van der Waals surface area contributed by atoms with E-state index in [-0.39, 0.29) is 12.5 Å². The molecule has 2 aromatic carbocycles. The van der Waals surface area contributed by atoms with Crippen molar-refractivity contribution < 1.29 is 14.6 Å². The van der Waals surface area contributed by atoms with Gasteiger partial charge in [0.05, 0.1) is 13.2 Å². The van der Waals surface area contributed by atoms with Gasteiger partial charge in [0.2, 0.25) is 5.91 Å². The number of hydrogen-bond donors (Lipinski definition) is 2. The molecule has 0 spiro atoms. The van der Waals surface area contributed by atoms with Crippen LogP contribution < -0.4 is 10.1 Å². The Morgan fingerprint density at radius 3 is 2.68 bits per heavy atom. The third-order valence-corrected chi connectivity index (χ3v) is 3.47. The Kier molecular flexibility index (Phi) is 6.71. The summed E-state index contributed by atoms with van der Waals surface area (Å²) >= 11 is 0. The number of amides is 1. The fourth-order valence-corrected chi connectivity index (χ4v) is 2.30. The molecule has 0 radical (unpaired) electrons. The smallest absolute Gasteiger partial charge is 0.220 e. The van der Waals surface area contributed by atoms with Gasteiger partial charge in [-0.15, -0.1) is 0 Å². The van der Waals surface area contributed by atoms with E-state index >= 15 is 0 Å². The van der Waals surface area contributed by atoms with Crippen molar-refractivity contribution in [1.29, 1.82) is 0 Å². The summed E-state index contributed by atoms with van der Waals surface area (Å²) < 4.78 is 5.75. The topological polar surface area (TPSA) is 58.6 Å². The normalized spacial score (nSPS) is 10.6. The van der Waals surface area contributed by atoms with Crippen molar-refractivity contribution in [1.82, 2.24) is 5.32 Å². The minimum Gasteiger partial charge on any atom is -0.494 e. The molecule has 0 bridgehead atoms. The fourth-order valence-electron chi connectivity index (χ4n) is 2.30. The van der Waals surface area contributed by atoms with Crippen LogP contribution in [0.5, 0.6) is 5.75 Å². The Balaban J connectivity index is 1.62. The Hall–Kier alpha value is -2.07. The Morgan fingerprint density at radius 2 is 1.86 bits per heavy atom. The molecule has 0 aliphatic carbocycles. The highest BCUT2D eigenvalue weighted by Gasteiger charge is 2.00. The highest BCUT2D eigenvalue weighted by atomic mass is 16.5. The Labute approximate surface area is 131 Å². The molecule has 118 valence electrons. The van der Waals surface area contributed by atoms with Crippen molar-refractivity contribution in [3.63, 3.8) is 0 Å². The van der Waals surface area contributed by atoms with Crippen LogP contribution >= 0.6 is 0 Å². The number of carbonyl (C=O) groups is 1. The van der Waals surface area contributed by atoms with Crippen molar-refractivity contribution in [2.75, 3.05) is 19.8 Å². The quantitative estimate of drug-likeness (QED) is 0.700. The Bertz CT molecular complexity index is 598. The molecule has 4 nitrogen and oxygen atoms in total. The second-order valence-corrected chi connectivity index (χ2v) is 5.24. The fraction of sp³-hybridized carbons (Fsp3) is 0.389. The molecule has 4 heteroatoms.